The van der Waals surface area contributed by atoms with Crippen molar-refractivity contribution in [2.75, 3.05) is 18.0 Å². The van der Waals surface area contributed by atoms with Crippen LogP contribution >= 0.6 is 0 Å². The van der Waals surface area contributed by atoms with Crippen molar-refractivity contribution in [2.45, 2.75) is 19.8 Å². The summed E-state index contributed by atoms with van der Waals surface area (Å²) in [6.45, 7) is 3.28. The van der Waals surface area contributed by atoms with Crippen molar-refractivity contribution in [3.63, 3.8) is 0 Å². The molecule has 0 spiro atoms. The number of carbonyl (C=O) groups is 1. The Labute approximate surface area is 110 Å². The number of aryl methyl sites for hydroxylation is 1. The molecule has 0 bridgehead atoms. The summed E-state index contributed by atoms with van der Waals surface area (Å²) < 4.78 is 5.45. The second-order valence-corrected chi connectivity index (χ2v) is 5.01. The molecule has 3 rings (SSSR count). The van der Waals surface area contributed by atoms with Crippen LogP contribution in [-0.2, 0) is 4.79 Å². The first-order valence-electron chi connectivity index (χ1n) is 6.48. The van der Waals surface area contributed by atoms with Crippen molar-refractivity contribution in [1.29, 1.82) is 0 Å². The van der Waals surface area contributed by atoms with Gasteiger partial charge in [0.2, 0.25) is 0 Å². The van der Waals surface area contributed by atoms with Crippen LogP contribution in [0.3, 0.4) is 0 Å². The number of fused-ring (bicyclic) bond motifs is 1. The van der Waals surface area contributed by atoms with Gasteiger partial charge in [-0.25, -0.2) is 4.98 Å². The lowest BCUT2D eigenvalue weighted by molar-refractivity contribution is -0.141. The highest BCUT2D eigenvalue weighted by Crippen LogP contribution is 2.26. The Morgan fingerprint density at radius 3 is 3.16 bits per heavy atom. The van der Waals surface area contributed by atoms with E-state index in [1.54, 1.807) is 0 Å². The molecule has 1 fully saturated rings. The van der Waals surface area contributed by atoms with Gasteiger partial charge in [-0.1, -0.05) is 0 Å². The van der Waals surface area contributed by atoms with Crippen LogP contribution in [0, 0.1) is 12.8 Å². The van der Waals surface area contributed by atoms with E-state index in [0.717, 1.165) is 36.2 Å². The summed E-state index contributed by atoms with van der Waals surface area (Å²) in [6, 6.07) is 5.84. The third kappa shape index (κ3) is 2.28. The van der Waals surface area contributed by atoms with Gasteiger partial charge in [-0.05, 0) is 31.0 Å². The summed E-state index contributed by atoms with van der Waals surface area (Å²) in [4.78, 5) is 17.5. The van der Waals surface area contributed by atoms with E-state index in [0.29, 0.717) is 12.4 Å². The molecule has 1 saturated heterocycles. The quantitative estimate of drug-likeness (QED) is 0.898. The number of carboxylic acids is 1. The summed E-state index contributed by atoms with van der Waals surface area (Å²) in [6.07, 6.45) is 1.67. The van der Waals surface area contributed by atoms with Gasteiger partial charge in [0.1, 0.15) is 5.52 Å². The minimum Gasteiger partial charge on any atom is -0.481 e. The number of aromatic nitrogens is 1. The van der Waals surface area contributed by atoms with Crippen molar-refractivity contribution in [3.05, 3.63) is 24.1 Å². The van der Waals surface area contributed by atoms with E-state index < -0.39 is 5.97 Å². The molecular weight excluding hydrogens is 244 g/mol. The summed E-state index contributed by atoms with van der Waals surface area (Å²) in [5, 5.41) is 9.12. The topological polar surface area (TPSA) is 66.6 Å². The van der Waals surface area contributed by atoms with E-state index in [4.69, 9.17) is 9.52 Å². The molecule has 2 heterocycles. The standard InChI is InChI=1S/C14H16N2O3/c1-9-15-12-7-11(4-5-13(12)19-9)16-6-2-3-10(8-16)14(17)18/h4-5,7,10H,2-3,6,8H2,1H3,(H,17,18). The number of anilines is 1. The first-order valence-corrected chi connectivity index (χ1v) is 6.48. The number of piperidine rings is 1. The van der Waals surface area contributed by atoms with Gasteiger partial charge in [0.15, 0.2) is 11.5 Å². The largest absolute Gasteiger partial charge is 0.481 e. The zero-order valence-electron chi connectivity index (χ0n) is 10.8. The van der Waals surface area contributed by atoms with Gasteiger partial charge in [-0.15, -0.1) is 0 Å². The van der Waals surface area contributed by atoms with Crippen molar-refractivity contribution < 1.29 is 14.3 Å². The number of aliphatic carboxylic acids is 1. The number of hydrogen-bond acceptors (Lipinski definition) is 4. The van der Waals surface area contributed by atoms with Crippen molar-refractivity contribution >= 4 is 22.8 Å². The highest BCUT2D eigenvalue weighted by atomic mass is 16.4. The lowest BCUT2D eigenvalue weighted by Crippen LogP contribution is -2.38. The van der Waals surface area contributed by atoms with Crippen LogP contribution in [-0.4, -0.2) is 29.1 Å². The molecule has 0 radical (unpaired) electrons. The monoisotopic (exact) mass is 260 g/mol. The summed E-state index contributed by atoms with van der Waals surface area (Å²) in [7, 11) is 0. The first kappa shape index (κ1) is 12.0. The highest BCUT2D eigenvalue weighted by molar-refractivity contribution is 5.78. The number of nitrogens with zero attached hydrogens (tertiary/aromatic N) is 2. The SMILES string of the molecule is Cc1nc2cc(N3CCCC(C(=O)O)C3)ccc2o1. The van der Waals surface area contributed by atoms with E-state index in [1.807, 2.05) is 25.1 Å². The molecule has 1 aromatic heterocycles. The minimum absolute atomic E-state index is 0.275. The first-order chi connectivity index (χ1) is 9.13. The van der Waals surface area contributed by atoms with Crippen LogP contribution in [0.15, 0.2) is 22.6 Å². The second-order valence-electron chi connectivity index (χ2n) is 5.01. The fourth-order valence-corrected chi connectivity index (χ4v) is 2.64. The van der Waals surface area contributed by atoms with Gasteiger partial charge < -0.3 is 14.4 Å². The molecule has 1 unspecified atom stereocenters. The van der Waals surface area contributed by atoms with Crippen molar-refractivity contribution in [2.24, 2.45) is 5.92 Å². The van der Waals surface area contributed by atoms with Crippen LogP contribution < -0.4 is 4.90 Å². The molecule has 0 amide bonds. The lowest BCUT2D eigenvalue weighted by Gasteiger charge is -2.32. The Bertz CT molecular complexity index is 620. The molecule has 0 saturated carbocycles. The zero-order chi connectivity index (χ0) is 13.4. The molecule has 5 heteroatoms. The maximum Gasteiger partial charge on any atom is 0.308 e. The van der Waals surface area contributed by atoms with E-state index in [1.165, 1.54) is 0 Å². The second kappa shape index (κ2) is 4.57. The Balaban J connectivity index is 1.88. The van der Waals surface area contributed by atoms with Crippen molar-refractivity contribution in [3.8, 4) is 0 Å². The average molecular weight is 260 g/mol. The fourth-order valence-electron chi connectivity index (χ4n) is 2.64. The van der Waals surface area contributed by atoms with Gasteiger partial charge in [0.05, 0.1) is 5.92 Å². The van der Waals surface area contributed by atoms with E-state index >= 15 is 0 Å². The third-order valence-electron chi connectivity index (χ3n) is 3.61. The number of benzene rings is 1. The fraction of sp³-hybridized carbons (Fsp3) is 0.429. The molecule has 19 heavy (non-hydrogen) atoms. The Kier molecular flexibility index (Phi) is 2.89. The summed E-state index contributed by atoms with van der Waals surface area (Å²) in [5.41, 5.74) is 2.62. The van der Waals surface area contributed by atoms with Gasteiger partial charge in [-0.2, -0.15) is 0 Å². The van der Waals surface area contributed by atoms with Crippen molar-refractivity contribution in [1.82, 2.24) is 4.98 Å². The Morgan fingerprint density at radius 2 is 2.37 bits per heavy atom. The normalized spacial score (nSPS) is 19.8. The molecule has 2 aromatic rings. The predicted octanol–water partition coefficient (Wildman–Crippen LogP) is 2.44. The smallest absolute Gasteiger partial charge is 0.308 e. The Hall–Kier alpha value is -2.04. The van der Waals surface area contributed by atoms with Crippen LogP contribution in [0.25, 0.3) is 11.1 Å². The molecule has 1 aromatic carbocycles. The molecule has 5 nitrogen and oxygen atoms in total. The van der Waals surface area contributed by atoms with Gasteiger partial charge >= 0.3 is 5.97 Å². The molecule has 1 N–H and O–H groups in total. The Morgan fingerprint density at radius 1 is 1.53 bits per heavy atom. The highest BCUT2D eigenvalue weighted by Gasteiger charge is 2.25. The number of carboxylic acid groups (broad SMARTS) is 1. The van der Waals surface area contributed by atoms with E-state index in [9.17, 15) is 4.79 Å². The molecular formula is C14H16N2O3. The predicted molar refractivity (Wildman–Crippen MR) is 71.3 cm³/mol. The number of hydrogen-bond donors (Lipinski definition) is 1. The van der Waals surface area contributed by atoms with Gasteiger partial charge in [0.25, 0.3) is 0 Å². The maximum atomic E-state index is 11.1. The van der Waals surface area contributed by atoms with Crippen LogP contribution in [0.4, 0.5) is 5.69 Å². The van der Waals surface area contributed by atoms with E-state index in [-0.39, 0.29) is 5.92 Å². The number of oxazole rings is 1. The lowest BCUT2D eigenvalue weighted by atomic mass is 9.98. The van der Waals surface area contributed by atoms with Gasteiger partial charge in [-0.3, -0.25) is 4.79 Å². The van der Waals surface area contributed by atoms with Gasteiger partial charge in [0, 0.05) is 25.7 Å². The maximum absolute atomic E-state index is 11.1. The summed E-state index contributed by atoms with van der Waals surface area (Å²) in [5.74, 6) is -0.333. The average Bonchev–Trinajstić information content (AvgIpc) is 2.77. The van der Waals surface area contributed by atoms with Crippen LogP contribution in [0.2, 0.25) is 0 Å². The molecule has 0 aliphatic carbocycles. The summed E-state index contributed by atoms with van der Waals surface area (Å²) >= 11 is 0. The van der Waals surface area contributed by atoms with E-state index in [2.05, 4.69) is 9.88 Å². The van der Waals surface area contributed by atoms with Crippen LogP contribution in [0.1, 0.15) is 18.7 Å². The molecule has 1 aliphatic heterocycles. The minimum atomic E-state index is -0.706. The molecule has 1 aliphatic rings. The van der Waals surface area contributed by atoms with Crippen LogP contribution in [0.5, 0.6) is 0 Å². The number of rotatable bonds is 2. The zero-order valence-corrected chi connectivity index (χ0v) is 10.8. The third-order valence-corrected chi connectivity index (χ3v) is 3.61. The molecule has 100 valence electrons. The molecule has 1 atom stereocenters.